The maximum atomic E-state index is 10.9. The van der Waals surface area contributed by atoms with Gasteiger partial charge >= 0.3 is 11.9 Å². The van der Waals surface area contributed by atoms with Crippen molar-refractivity contribution in [3.8, 4) is 0 Å². The monoisotopic (exact) mass is 228 g/mol. The van der Waals surface area contributed by atoms with Crippen molar-refractivity contribution < 1.29 is 23.8 Å². The molecule has 2 atom stereocenters. The molecular weight excluding hydrogens is 212 g/mol. The van der Waals surface area contributed by atoms with Crippen molar-refractivity contribution in [2.75, 3.05) is 13.2 Å². The largest absolute Gasteiger partial charge is 0.463 e. The second kappa shape index (κ2) is 6.27. The second-order valence-electron chi connectivity index (χ2n) is 3.50. The van der Waals surface area contributed by atoms with Gasteiger partial charge < -0.3 is 14.2 Å². The van der Waals surface area contributed by atoms with Gasteiger partial charge in [0, 0.05) is 13.8 Å². The zero-order valence-electron chi connectivity index (χ0n) is 9.47. The molecule has 0 spiro atoms. The quantitative estimate of drug-likeness (QED) is 0.528. The maximum Gasteiger partial charge on any atom is 0.303 e. The van der Waals surface area contributed by atoms with Crippen molar-refractivity contribution in [1.29, 1.82) is 0 Å². The van der Waals surface area contributed by atoms with Gasteiger partial charge in [-0.05, 0) is 12.5 Å². The van der Waals surface area contributed by atoms with Crippen molar-refractivity contribution in [1.82, 2.24) is 0 Å². The molecule has 0 unspecified atom stereocenters. The van der Waals surface area contributed by atoms with Crippen LogP contribution in [0.5, 0.6) is 0 Å². The number of carbonyl (C=O) groups excluding carboxylic acids is 2. The van der Waals surface area contributed by atoms with Crippen LogP contribution in [0.15, 0.2) is 12.2 Å². The van der Waals surface area contributed by atoms with Gasteiger partial charge in [-0.15, -0.1) is 0 Å². The number of esters is 2. The van der Waals surface area contributed by atoms with Crippen LogP contribution in [0.3, 0.4) is 0 Å². The summed E-state index contributed by atoms with van der Waals surface area (Å²) in [5.74, 6) is -0.758. The molecule has 0 aliphatic carbocycles. The fourth-order valence-corrected chi connectivity index (χ4v) is 1.39. The van der Waals surface area contributed by atoms with E-state index in [1.54, 1.807) is 6.08 Å². The summed E-state index contributed by atoms with van der Waals surface area (Å²) in [6.07, 6.45) is 3.50. The second-order valence-corrected chi connectivity index (χ2v) is 3.50. The summed E-state index contributed by atoms with van der Waals surface area (Å²) in [5.41, 5.74) is 0. The SMILES string of the molecule is CC(=O)OC[C@H]1OCCC=C[C@H]1OC(C)=O. The number of rotatable bonds is 3. The highest BCUT2D eigenvalue weighted by Gasteiger charge is 2.25. The molecule has 0 radical (unpaired) electrons. The van der Waals surface area contributed by atoms with E-state index in [1.165, 1.54) is 13.8 Å². The Hall–Kier alpha value is -1.36. The Morgan fingerprint density at radius 2 is 2.12 bits per heavy atom. The zero-order valence-corrected chi connectivity index (χ0v) is 9.47. The van der Waals surface area contributed by atoms with Crippen LogP contribution in [0.2, 0.25) is 0 Å². The lowest BCUT2D eigenvalue weighted by Crippen LogP contribution is -2.35. The molecular formula is C11H16O5. The summed E-state index contributed by atoms with van der Waals surface area (Å²) in [6, 6.07) is 0. The Morgan fingerprint density at radius 1 is 1.38 bits per heavy atom. The summed E-state index contributed by atoms with van der Waals surface area (Å²) in [4.78, 5) is 21.6. The topological polar surface area (TPSA) is 61.8 Å². The molecule has 0 saturated heterocycles. The van der Waals surface area contributed by atoms with Crippen molar-refractivity contribution in [3.05, 3.63) is 12.2 Å². The average molecular weight is 228 g/mol. The van der Waals surface area contributed by atoms with E-state index in [9.17, 15) is 9.59 Å². The van der Waals surface area contributed by atoms with Crippen molar-refractivity contribution >= 4 is 11.9 Å². The van der Waals surface area contributed by atoms with Gasteiger partial charge in [0.25, 0.3) is 0 Å². The molecule has 1 heterocycles. The predicted octanol–water partition coefficient (Wildman–Crippen LogP) is 0.826. The van der Waals surface area contributed by atoms with Crippen LogP contribution in [0.4, 0.5) is 0 Å². The summed E-state index contributed by atoms with van der Waals surface area (Å²) in [7, 11) is 0. The molecule has 0 aromatic rings. The van der Waals surface area contributed by atoms with E-state index in [0.717, 1.165) is 6.42 Å². The molecule has 1 rings (SSSR count). The fourth-order valence-electron chi connectivity index (χ4n) is 1.39. The summed E-state index contributed by atoms with van der Waals surface area (Å²) in [5, 5.41) is 0. The van der Waals surface area contributed by atoms with Gasteiger partial charge in [-0.3, -0.25) is 9.59 Å². The molecule has 0 N–H and O–H groups in total. The van der Waals surface area contributed by atoms with Gasteiger partial charge in [0.1, 0.15) is 18.8 Å². The summed E-state index contributed by atoms with van der Waals surface area (Å²) < 4.78 is 15.4. The van der Waals surface area contributed by atoms with Crippen molar-refractivity contribution in [2.45, 2.75) is 32.5 Å². The van der Waals surface area contributed by atoms with E-state index < -0.39 is 12.2 Å². The molecule has 0 aromatic carbocycles. The van der Waals surface area contributed by atoms with Crippen LogP contribution >= 0.6 is 0 Å². The van der Waals surface area contributed by atoms with Gasteiger partial charge in [0.15, 0.2) is 0 Å². The normalized spacial score (nSPS) is 24.6. The fraction of sp³-hybridized carbons (Fsp3) is 0.636. The molecule has 0 bridgehead atoms. The molecule has 0 aromatic heterocycles. The third-order valence-electron chi connectivity index (χ3n) is 2.06. The first-order valence-electron chi connectivity index (χ1n) is 5.18. The highest BCUT2D eigenvalue weighted by molar-refractivity contribution is 5.66. The number of ether oxygens (including phenoxy) is 3. The minimum atomic E-state index is -0.487. The van der Waals surface area contributed by atoms with Crippen LogP contribution in [0, 0.1) is 0 Å². The molecule has 16 heavy (non-hydrogen) atoms. The minimum Gasteiger partial charge on any atom is -0.463 e. The van der Waals surface area contributed by atoms with Crippen LogP contribution in [0.1, 0.15) is 20.3 Å². The highest BCUT2D eigenvalue weighted by Crippen LogP contribution is 2.12. The summed E-state index contributed by atoms with van der Waals surface area (Å²) in [6.45, 7) is 3.28. The van der Waals surface area contributed by atoms with Gasteiger partial charge in [0.05, 0.1) is 6.61 Å². The van der Waals surface area contributed by atoms with E-state index in [1.807, 2.05) is 6.08 Å². The molecule has 5 heteroatoms. The lowest BCUT2D eigenvalue weighted by Gasteiger charge is -2.22. The Labute approximate surface area is 94.4 Å². The summed E-state index contributed by atoms with van der Waals surface area (Å²) >= 11 is 0. The van der Waals surface area contributed by atoms with E-state index in [2.05, 4.69) is 0 Å². The first-order chi connectivity index (χ1) is 7.59. The molecule has 0 saturated carbocycles. The molecule has 1 aliphatic heterocycles. The highest BCUT2D eigenvalue weighted by atomic mass is 16.6. The number of hydrogen-bond acceptors (Lipinski definition) is 5. The van der Waals surface area contributed by atoms with Crippen molar-refractivity contribution in [2.24, 2.45) is 0 Å². The Bertz CT molecular complexity index is 284. The lowest BCUT2D eigenvalue weighted by molar-refractivity contribution is -0.157. The van der Waals surface area contributed by atoms with Gasteiger partial charge in [0.2, 0.25) is 0 Å². The maximum absolute atomic E-state index is 10.9. The number of hydrogen-bond donors (Lipinski definition) is 0. The Balaban J connectivity index is 2.56. The van der Waals surface area contributed by atoms with E-state index in [0.29, 0.717) is 6.61 Å². The first-order valence-corrected chi connectivity index (χ1v) is 5.18. The van der Waals surface area contributed by atoms with Crippen LogP contribution in [0.25, 0.3) is 0 Å². The average Bonchev–Trinajstić information content (AvgIpc) is 2.39. The predicted molar refractivity (Wildman–Crippen MR) is 55.7 cm³/mol. The van der Waals surface area contributed by atoms with Crippen LogP contribution in [-0.2, 0) is 23.8 Å². The van der Waals surface area contributed by atoms with Crippen LogP contribution < -0.4 is 0 Å². The standard InChI is InChI=1S/C11H16O5/c1-8(12)15-7-11-10(16-9(2)13)5-3-4-6-14-11/h3,5,10-11H,4,6-7H2,1-2H3/t10-,11-/m1/s1. The Kier molecular flexibility index (Phi) is 4.98. The molecule has 1 aliphatic rings. The molecule has 0 fully saturated rings. The first kappa shape index (κ1) is 12.7. The van der Waals surface area contributed by atoms with Crippen LogP contribution in [-0.4, -0.2) is 37.4 Å². The lowest BCUT2D eigenvalue weighted by atomic mass is 10.2. The van der Waals surface area contributed by atoms with E-state index in [4.69, 9.17) is 14.2 Å². The minimum absolute atomic E-state index is 0.0949. The molecule has 5 nitrogen and oxygen atoms in total. The van der Waals surface area contributed by atoms with Crippen molar-refractivity contribution in [3.63, 3.8) is 0 Å². The number of carbonyl (C=O) groups is 2. The van der Waals surface area contributed by atoms with Gasteiger partial charge in [-0.25, -0.2) is 0 Å². The molecule has 0 amide bonds. The Morgan fingerprint density at radius 3 is 2.75 bits per heavy atom. The van der Waals surface area contributed by atoms with Gasteiger partial charge in [-0.1, -0.05) is 6.08 Å². The smallest absolute Gasteiger partial charge is 0.303 e. The third-order valence-corrected chi connectivity index (χ3v) is 2.06. The molecule has 90 valence electrons. The van der Waals surface area contributed by atoms with E-state index >= 15 is 0 Å². The third kappa shape index (κ3) is 4.44. The van der Waals surface area contributed by atoms with Gasteiger partial charge in [-0.2, -0.15) is 0 Å². The van der Waals surface area contributed by atoms with E-state index in [-0.39, 0.29) is 18.5 Å². The zero-order chi connectivity index (χ0) is 12.0.